The molecule has 1 amide bonds. The molecule has 1 unspecified atom stereocenters. The van der Waals surface area contributed by atoms with Gasteiger partial charge in [-0.1, -0.05) is 12.1 Å². The molecule has 1 aliphatic heterocycles. The lowest BCUT2D eigenvalue weighted by Gasteiger charge is -2.31. The fraction of sp³-hybridized carbons (Fsp3) is 0.368. The molecule has 0 bridgehead atoms. The van der Waals surface area contributed by atoms with Crippen molar-refractivity contribution in [3.8, 4) is 11.3 Å². The predicted molar refractivity (Wildman–Crippen MR) is 93.1 cm³/mol. The maximum Gasteiger partial charge on any atom is 0.335 e. The molecule has 1 atom stereocenters. The first-order valence-electron chi connectivity index (χ1n) is 8.43. The van der Waals surface area contributed by atoms with Crippen LogP contribution in [0.15, 0.2) is 36.7 Å². The van der Waals surface area contributed by atoms with E-state index in [4.69, 9.17) is 5.11 Å². The number of carbonyl (C=O) groups is 2. The summed E-state index contributed by atoms with van der Waals surface area (Å²) in [6.45, 7) is 3.20. The Hall–Kier alpha value is -2.76. The zero-order valence-corrected chi connectivity index (χ0v) is 14.2. The molecule has 1 aromatic carbocycles. The summed E-state index contributed by atoms with van der Waals surface area (Å²) < 4.78 is 0. The van der Waals surface area contributed by atoms with Gasteiger partial charge in [-0.05, 0) is 37.3 Å². The molecule has 130 valence electrons. The Labute approximate surface area is 146 Å². The number of carbonyl (C=O) groups excluding carboxylic acids is 1. The monoisotopic (exact) mass is 339 g/mol. The first kappa shape index (κ1) is 17.1. The van der Waals surface area contributed by atoms with Crippen molar-refractivity contribution in [2.24, 2.45) is 5.92 Å². The summed E-state index contributed by atoms with van der Waals surface area (Å²) >= 11 is 0. The van der Waals surface area contributed by atoms with E-state index in [0.717, 1.165) is 43.6 Å². The molecule has 0 spiro atoms. The number of piperidine rings is 1. The highest BCUT2D eigenvalue weighted by Gasteiger charge is 2.22. The largest absolute Gasteiger partial charge is 0.478 e. The molecule has 6 heteroatoms. The fourth-order valence-corrected chi connectivity index (χ4v) is 3.27. The number of carboxylic acids is 1. The van der Waals surface area contributed by atoms with Gasteiger partial charge in [0.25, 0.3) is 0 Å². The van der Waals surface area contributed by atoms with Gasteiger partial charge in [0.1, 0.15) is 0 Å². The minimum atomic E-state index is -0.961. The van der Waals surface area contributed by atoms with Crippen LogP contribution in [0.2, 0.25) is 0 Å². The molecule has 0 saturated carbocycles. The van der Waals surface area contributed by atoms with E-state index in [0.29, 0.717) is 11.6 Å². The van der Waals surface area contributed by atoms with Crippen LogP contribution in [0.3, 0.4) is 0 Å². The van der Waals surface area contributed by atoms with Gasteiger partial charge in [-0.15, -0.1) is 0 Å². The van der Waals surface area contributed by atoms with E-state index in [2.05, 4.69) is 9.97 Å². The van der Waals surface area contributed by atoms with Crippen LogP contribution in [0.1, 0.15) is 35.8 Å². The smallest absolute Gasteiger partial charge is 0.335 e. The van der Waals surface area contributed by atoms with Gasteiger partial charge >= 0.3 is 5.97 Å². The lowest BCUT2D eigenvalue weighted by Crippen LogP contribution is -2.39. The summed E-state index contributed by atoms with van der Waals surface area (Å²) in [5, 5.41) is 9.13. The molecule has 25 heavy (non-hydrogen) atoms. The second kappa shape index (κ2) is 7.42. The van der Waals surface area contributed by atoms with Gasteiger partial charge < -0.3 is 10.0 Å². The van der Waals surface area contributed by atoms with Crippen LogP contribution >= 0.6 is 0 Å². The SMILES string of the molecule is CC(=O)N1CCCC(Cc2cncc(-c3cccc(C(=O)O)c3)n2)C1. The van der Waals surface area contributed by atoms with E-state index < -0.39 is 5.97 Å². The van der Waals surface area contributed by atoms with Gasteiger partial charge in [-0.3, -0.25) is 9.78 Å². The summed E-state index contributed by atoms with van der Waals surface area (Å²) in [5.41, 5.74) is 2.51. The molecule has 2 aromatic rings. The number of likely N-dealkylation sites (tertiary alicyclic amines) is 1. The van der Waals surface area contributed by atoms with Gasteiger partial charge in [0.05, 0.1) is 23.1 Å². The number of benzene rings is 1. The number of carboxylic acid groups (broad SMARTS) is 1. The van der Waals surface area contributed by atoms with E-state index in [9.17, 15) is 9.59 Å². The predicted octanol–water partition coefficient (Wildman–Crippen LogP) is 2.64. The summed E-state index contributed by atoms with van der Waals surface area (Å²) in [4.78, 5) is 33.5. The molecular weight excluding hydrogens is 318 g/mol. The van der Waals surface area contributed by atoms with E-state index in [1.165, 1.54) is 0 Å². The maximum atomic E-state index is 11.6. The Kier molecular flexibility index (Phi) is 5.07. The molecule has 6 nitrogen and oxygen atoms in total. The number of amides is 1. The number of hydrogen-bond donors (Lipinski definition) is 1. The van der Waals surface area contributed by atoms with Crippen molar-refractivity contribution in [1.29, 1.82) is 0 Å². The van der Waals surface area contributed by atoms with Crippen molar-refractivity contribution in [3.63, 3.8) is 0 Å². The van der Waals surface area contributed by atoms with Gasteiger partial charge in [0.15, 0.2) is 0 Å². The first-order valence-corrected chi connectivity index (χ1v) is 8.43. The molecule has 1 aromatic heterocycles. The molecule has 1 N–H and O–H groups in total. The molecule has 1 fully saturated rings. The fourth-order valence-electron chi connectivity index (χ4n) is 3.27. The maximum absolute atomic E-state index is 11.6. The highest BCUT2D eigenvalue weighted by Crippen LogP contribution is 2.22. The summed E-state index contributed by atoms with van der Waals surface area (Å²) in [6, 6.07) is 6.70. The number of nitrogens with zero attached hydrogens (tertiary/aromatic N) is 3. The Morgan fingerprint density at radius 2 is 2.16 bits per heavy atom. The zero-order chi connectivity index (χ0) is 17.8. The summed E-state index contributed by atoms with van der Waals surface area (Å²) in [5.74, 6) is -0.458. The Bertz CT molecular complexity index is 791. The van der Waals surface area contributed by atoms with Crippen molar-refractivity contribution in [3.05, 3.63) is 47.9 Å². The number of aromatic nitrogens is 2. The zero-order valence-electron chi connectivity index (χ0n) is 14.2. The Morgan fingerprint density at radius 1 is 1.32 bits per heavy atom. The Balaban J connectivity index is 1.77. The molecule has 3 rings (SSSR count). The number of rotatable bonds is 4. The summed E-state index contributed by atoms with van der Waals surface area (Å²) in [6.07, 6.45) is 6.25. The average Bonchev–Trinajstić information content (AvgIpc) is 2.62. The van der Waals surface area contributed by atoms with Gasteiger partial charge in [0.2, 0.25) is 5.91 Å². The highest BCUT2D eigenvalue weighted by atomic mass is 16.4. The van der Waals surface area contributed by atoms with E-state index in [-0.39, 0.29) is 11.5 Å². The number of hydrogen-bond acceptors (Lipinski definition) is 4. The average molecular weight is 339 g/mol. The van der Waals surface area contributed by atoms with Crippen molar-refractivity contribution >= 4 is 11.9 Å². The normalized spacial score (nSPS) is 17.3. The van der Waals surface area contributed by atoms with Gasteiger partial charge in [-0.2, -0.15) is 0 Å². The van der Waals surface area contributed by atoms with E-state index in [1.807, 2.05) is 11.0 Å². The van der Waals surface area contributed by atoms with Crippen LogP contribution in [0.5, 0.6) is 0 Å². The van der Waals surface area contributed by atoms with Gasteiger partial charge in [0, 0.05) is 31.8 Å². The standard InChI is InChI=1S/C19H21N3O3/c1-13(23)22-7-3-4-14(12-22)8-17-10-20-11-18(21-17)15-5-2-6-16(9-15)19(24)25/h2,5-6,9-11,14H,3-4,7-8,12H2,1H3,(H,24,25). The highest BCUT2D eigenvalue weighted by molar-refractivity contribution is 5.89. The summed E-state index contributed by atoms with van der Waals surface area (Å²) in [7, 11) is 0. The Morgan fingerprint density at radius 3 is 2.92 bits per heavy atom. The lowest BCUT2D eigenvalue weighted by atomic mass is 9.93. The van der Waals surface area contributed by atoms with Crippen molar-refractivity contribution in [2.75, 3.05) is 13.1 Å². The van der Waals surface area contributed by atoms with Crippen molar-refractivity contribution in [1.82, 2.24) is 14.9 Å². The van der Waals surface area contributed by atoms with E-state index >= 15 is 0 Å². The van der Waals surface area contributed by atoms with E-state index in [1.54, 1.807) is 37.5 Å². The topological polar surface area (TPSA) is 83.4 Å². The molecule has 0 aliphatic carbocycles. The second-order valence-electron chi connectivity index (χ2n) is 6.46. The van der Waals surface area contributed by atoms with Crippen LogP contribution < -0.4 is 0 Å². The first-order chi connectivity index (χ1) is 12.0. The van der Waals surface area contributed by atoms with Crippen LogP contribution in [0.25, 0.3) is 11.3 Å². The van der Waals surface area contributed by atoms with Gasteiger partial charge in [-0.25, -0.2) is 9.78 Å². The molecule has 0 radical (unpaired) electrons. The minimum Gasteiger partial charge on any atom is -0.478 e. The third kappa shape index (κ3) is 4.21. The third-order valence-electron chi connectivity index (χ3n) is 4.55. The number of aromatic carboxylic acids is 1. The van der Waals surface area contributed by atoms with Crippen LogP contribution in [0, 0.1) is 5.92 Å². The second-order valence-corrected chi connectivity index (χ2v) is 6.46. The molecule has 2 heterocycles. The minimum absolute atomic E-state index is 0.120. The van der Waals surface area contributed by atoms with Crippen LogP contribution in [0.4, 0.5) is 0 Å². The quantitative estimate of drug-likeness (QED) is 0.926. The molecule has 1 aliphatic rings. The van der Waals surface area contributed by atoms with Crippen LogP contribution in [-0.4, -0.2) is 44.9 Å². The third-order valence-corrected chi connectivity index (χ3v) is 4.55. The van der Waals surface area contributed by atoms with Crippen LogP contribution in [-0.2, 0) is 11.2 Å². The lowest BCUT2D eigenvalue weighted by molar-refractivity contribution is -0.130. The molecular formula is C19H21N3O3. The van der Waals surface area contributed by atoms with Crippen molar-refractivity contribution in [2.45, 2.75) is 26.2 Å². The molecule has 1 saturated heterocycles. The van der Waals surface area contributed by atoms with Crippen molar-refractivity contribution < 1.29 is 14.7 Å².